The molecule has 9 nitrogen and oxygen atoms in total. The van der Waals surface area contributed by atoms with Crippen molar-refractivity contribution in [2.24, 2.45) is 0 Å². The van der Waals surface area contributed by atoms with Crippen molar-refractivity contribution in [3.05, 3.63) is 619 Å². The topological polar surface area (TPSA) is 116 Å². The lowest BCUT2D eigenvalue weighted by molar-refractivity contribution is 0.768. The number of hydrogen-bond donors (Lipinski definition) is 0. The maximum Gasteiger partial charge on any atom is 0.164 e. The Morgan fingerprint density at radius 2 is 0.299 bits per heavy atom. The van der Waals surface area contributed by atoms with Gasteiger partial charge in [-0.15, -0.1) is 0 Å². The van der Waals surface area contributed by atoms with Gasteiger partial charge in [-0.2, -0.15) is 0 Å². The molecule has 0 saturated heterocycles. The van der Waals surface area contributed by atoms with Crippen LogP contribution in [-0.2, 0) is 16.2 Å². The van der Waals surface area contributed by atoms with E-state index in [1.54, 1.807) is 0 Å². The van der Waals surface area contributed by atoms with Crippen LogP contribution in [-0.4, -0.2) is 44.9 Å². The average Bonchev–Trinajstić information content (AvgIpc) is 1.50. The van der Waals surface area contributed by atoms with E-state index in [0.29, 0.717) is 52.4 Å². The summed E-state index contributed by atoms with van der Waals surface area (Å²) in [5.74, 6) is 5.85. The van der Waals surface area contributed by atoms with Gasteiger partial charge < -0.3 is 0 Å². The Bertz CT molecular complexity index is 8490. The van der Waals surface area contributed by atoms with Gasteiger partial charge in [-0.1, -0.05) is 534 Å². The molecule has 147 heavy (non-hydrogen) atoms. The summed E-state index contributed by atoms with van der Waals surface area (Å²) in [5, 5.41) is 0. The molecule has 9 heteroatoms. The molecule has 4 aliphatic carbocycles. The first-order valence-electron chi connectivity index (χ1n) is 50.0. The molecule has 4 aliphatic rings. The first-order valence-corrected chi connectivity index (χ1v) is 50.0. The monoisotopic (exact) mass is 1870 g/mol. The summed E-state index contributed by atoms with van der Waals surface area (Å²) in [4.78, 5) is 45.2. The van der Waals surface area contributed by atoms with Crippen LogP contribution < -0.4 is 0 Å². The fourth-order valence-electron chi connectivity index (χ4n) is 23.1. The third kappa shape index (κ3) is 15.2. The van der Waals surface area contributed by atoms with Crippen molar-refractivity contribution in [2.45, 2.75) is 16.2 Å². The van der Waals surface area contributed by atoms with Crippen molar-refractivity contribution in [3.63, 3.8) is 0 Å². The molecule has 0 saturated carbocycles. The van der Waals surface area contributed by atoms with Crippen LogP contribution in [0.3, 0.4) is 0 Å². The predicted molar refractivity (Wildman–Crippen MR) is 596 cm³/mol. The fourth-order valence-corrected chi connectivity index (χ4v) is 23.1. The van der Waals surface area contributed by atoms with Gasteiger partial charge in [0, 0.05) is 50.1 Å². The van der Waals surface area contributed by atoms with E-state index in [1.165, 1.54) is 117 Å². The van der Waals surface area contributed by atoms with E-state index in [0.717, 1.165) is 77.9 Å². The van der Waals surface area contributed by atoms with Crippen LogP contribution in [0.2, 0.25) is 0 Å². The highest BCUT2D eigenvalue weighted by Gasteiger charge is 2.53. The van der Waals surface area contributed by atoms with E-state index < -0.39 is 16.2 Å². The van der Waals surface area contributed by atoms with Crippen LogP contribution in [0, 0.1) is 0 Å². The molecular weight excluding hydrogens is 1780 g/mol. The Kier molecular flexibility index (Phi) is 22.5. The maximum atomic E-state index is 5.10. The highest BCUT2D eigenvalue weighted by atomic mass is 15.1. The van der Waals surface area contributed by atoms with Crippen LogP contribution in [0.4, 0.5) is 0 Å². The zero-order chi connectivity index (χ0) is 97.6. The molecule has 0 unspecified atom stereocenters. The lowest BCUT2D eigenvalue weighted by Crippen LogP contribution is -2.28. The molecule has 1 spiro atoms. The standard InChI is InChI=1S/C46H29N3.2C46H31N3/c1-3-15-30(16-4-1)43-47-44(31-17-5-2-6-18-31)49-45(48-43)38-23-8-7-19-33(38)32-27-28-37-36-22-11-14-26-41(36)46(42(37)29-32)39-24-12-9-20-34(39)35-21-10-13-25-40(35)46;1-5-17-32(18-6-1)43-47-44(33-19-7-2-8-20-33)49-45(48-43)35-22-15-21-34(31-35)38-28-16-30-41-42(38)39-27-13-14-29-40(39)46(41,36-23-9-3-10-24-36)37-25-11-4-12-26-37;1-5-17-32(18-6-1)43-47-44(33-19-7-2-8-20-33)49-45(48-43)40-27-14-13-25-37(40)34-29-30-39-38-26-15-16-28-41(38)46(42(39)31-34,35-21-9-3-10-22-35)36-23-11-4-12-24-36/h1-29H;2*1-31H. The number of aromatic nitrogens is 9. The second kappa shape index (κ2) is 37.6. The average molecular weight is 1880 g/mol. The zero-order valence-corrected chi connectivity index (χ0v) is 80.1. The SMILES string of the molecule is c1ccc(-c2nc(-c3ccccc3)nc(-c3cccc(-c4cccc5c4-c4ccccc4C5(c4ccccc4)c4ccccc4)c3)n2)cc1.c1ccc(-c2nc(-c3ccccc3)nc(-c3ccccc3-c3ccc4c(c3)C(c3ccccc3)(c3ccccc3)c3ccccc3-4)n2)cc1.c1ccc(-c2nc(-c3ccccc3)nc(-c3ccccc3-c3ccc4c(c3)C3(c5ccccc5-c5ccccc53)c3ccccc3-4)n2)cc1. The molecule has 0 atom stereocenters. The fraction of sp³-hybridized carbons (Fsp3) is 0.0217. The van der Waals surface area contributed by atoms with Crippen LogP contribution in [0.5, 0.6) is 0 Å². The molecule has 0 bridgehead atoms. The van der Waals surface area contributed by atoms with E-state index in [-0.39, 0.29) is 0 Å². The summed E-state index contributed by atoms with van der Waals surface area (Å²) in [6.45, 7) is 0. The molecule has 3 heterocycles. The number of rotatable bonds is 16. The molecule has 21 aromatic carbocycles. The summed E-state index contributed by atoms with van der Waals surface area (Å²) < 4.78 is 0. The van der Waals surface area contributed by atoms with Crippen LogP contribution in [0.25, 0.3) is 180 Å². The van der Waals surface area contributed by atoms with Crippen molar-refractivity contribution in [3.8, 4) is 180 Å². The van der Waals surface area contributed by atoms with Gasteiger partial charge in [0.05, 0.1) is 16.2 Å². The lowest BCUT2D eigenvalue weighted by atomic mass is 9.67. The van der Waals surface area contributed by atoms with Gasteiger partial charge in [0.2, 0.25) is 0 Å². The normalized spacial score (nSPS) is 12.8. The lowest BCUT2D eigenvalue weighted by Gasteiger charge is -2.34. The zero-order valence-electron chi connectivity index (χ0n) is 80.1. The number of benzene rings is 21. The smallest absolute Gasteiger partial charge is 0.164 e. The molecule has 3 aromatic heterocycles. The van der Waals surface area contributed by atoms with Gasteiger partial charge in [0.1, 0.15) is 0 Å². The maximum absolute atomic E-state index is 5.10. The summed E-state index contributed by atoms with van der Waals surface area (Å²) in [5.41, 5.74) is 39.6. The van der Waals surface area contributed by atoms with Crippen molar-refractivity contribution < 1.29 is 0 Å². The van der Waals surface area contributed by atoms with Crippen molar-refractivity contribution in [1.29, 1.82) is 0 Å². The molecule has 688 valence electrons. The van der Waals surface area contributed by atoms with Crippen molar-refractivity contribution in [2.75, 3.05) is 0 Å². The van der Waals surface area contributed by atoms with Crippen molar-refractivity contribution in [1.82, 2.24) is 44.9 Å². The number of fused-ring (bicyclic) bond motifs is 16. The largest absolute Gasteiger partial charge is 0.208 e. The minimum Gasteiger partial charge on any atom is -0.208 e. The third-order valence-corrected chi connectivity index (χ3v) is 29.4. The third-order valence-electron chi connectivity index (χ3n) is 29.4. The van der Waals surface area contributed by atoms with Crippen LogP contribution in [0.1, 0.15) is 66.8 Å². The summed E-state index contributed by atoms with van der Waals surface area (Å²) in [6.07, 6.45) is 0. The summed E-state index contributed by atoms with van der Waals surface area (Å²) >= 11 is 0. The van der Waals surface area contributed by atoms with Crippen molar-refractivity contribution >= 4 is 0 Å². The number of nitrogens with zero attached hydrogens (tertiary/aromatic N) is 9. The van der Waals surface area contributed by atoms with Gasteiger partial charge >= 0.3 is 0 Å². The minimum atomic E-state index is -0.479. The van der Waals surface area contributed by atoms with Crippen LogP contribution >= 0.6 is 0 Å². The van der Waals surface area contributed by atoms with E-state index >= 15 is 0 Å². The number of hydrogen-bond acceptors (Lipinski definition) is 9. The Morgan fingerprint density at radius 3 is 0.626 bits per heavy atom. The van der Waals surface area contributed by atoms with E-state index in [9.17, 15) is 0 Å². The highest BCUT2D eigenvalue weighted by molar-refractivity contribution is 6.00. The molecule has 0 aliphatic heterocycles. The van der Waals surface area contributed by atoms with Gasteiger partial charge in [-0.3, -0.25) is 0 Å². The molecule has 0 N–H and O–H groups in total. The Hall–Kier alpha value is -19.4. The van der Waals surface area contributed by atoms with Gasteiger partial charge in [-0.25, -0.2) is 44.9 Å². The quantitative estimate of drug-likeness (QED) is 0.0932. The first kappa shape index (κ1) is 87.9. The van der Waals surface area contributed by atoms with Gasteiger partial charge in [-0.05, 0) is 163 Å². The van der Waals surface area contributed by atoms with Gasteiger partial charge in [0.15, 0.2) is 52.4 Å². The predicted octanol–water partition coefficient (Wildman–Crippen LogP) is 32.7. The van der Waals surface area contributed by atoms with E-state index in [2.05, 4.69) is 394 Å². The van der Waals surface area contributed by atoms with E-state index in [4.69, 9.17) is 44.9 Å². The molecule has 0 fully saturated rings. The molecule has 24 aromatic rings. The molecule has 0 amide bonds. The Labute approximate surface area is 854 Å². The Morgan fingerprint density at radius 1 is 0.102 bits per heavy atom. The Balaban J connectivity index is 0.000000112. The molecule has 0 radical (unpaired) electrons. The first-order chi connectivity index (χ1) is 72.9. The second-order valence-electron chi connectivity index (χ2n) is 37.5. The van der Waals surface area contributed by atoms with E-state index in [1.807, 2.05) is 158 Å². The molecule has 28 rings (SSSR count). The summed E-state index contributed by atoms with van der Waals surface area (Å²) in [6, 6.07) is 195. The van der Waals surface area contributed by atoms with Gasteiger partial charge in [0.25, 0.3) is 0 Å². The van der Waals surface area contributed by atoms with Crippen LogP contribution in [0.15, 0.2) is 552 Å². The highest BCUT2D eigenvalue weighted by Crippen LogP contribution is 2.65. The molecular formula is C138H91N9. The minimum absolute atomic E-state index is 0.405. The summed E-state index contributed by atoms with van der Waals surface area (Å²) in [7, 11) is 0. The second-order valence-corrected chi connectivity index (χ2v) is 37.5.